The van der Waals surface area contributed by atoms with Gasteiger partial charge in [-0.05, 0) is 5.92 Å². The molecule has 1 rings (SSSR count). The van der Waals surface area contributed by atoms with E-state index < -0.39 is 37.3 Å². The third-order valence-corrected chi connectivity index (χ3v) is 3.09. The Kier molecular flexibility index (Phi) is 5.78. The Balaban J connectivity index is 2.53. The summed E-state index contributed by atoms with van der Waals surface area (Å²) in [5.74, 6) is 0.308. The summed E-state index contributed by atoms with van der Waals surface area (Å²) >= 11 is 0. The van der Waals surface area contributed by atoms with Crippen LogP contribution in [0, 0.1) is 5.92 Å². The third-order valence-electron chi connectivity index (χ3n) is 3.09. The predicted octanol–water partition coefficient (Wildman–Crippen LogP) is -1.15. The van der Waals surface area contributed by atoms with Crippen LogP contribution in [0.3, 0.4) is 0 Å². The van der Waals surface area contributed by atoms with Crippen molar-refractivity contribution >= 4 is 0 Å². The highest BCUT2D eigenvalue weighted by Gasteiger charge is 2.43. The first-order chi connectivity index (χ1) is 8.01. The lowest BCUT2D eigenvalue weighted by atomic mass is 9.99. The summed E-state index contributed by atoms with van der Waals surface area (Å²) in [6, 6.07) is 0. The monoisotopic (exact) mass is 250 g/mol. The molecule has 0 amide bonds. The van der Waals surface area contributed by atoms with E-state index in [-0.39, 0.29) is 0 Å². The topological polar surface area (TPSA) is 99.4 Å². The number of hydrogen-bond acceptors (Lipinski definition) is 6. The summed E-state index contributed by atoms with van der Waals surface area (Å²) in [5, 5.41) is 37.7. The maximum Gasteiger partial charge on any atom is 0.186 e. The molecule has 0 bridgehead atoms. The van der Waals surface area contributed by atoms with Gasteiger partial charge in [0.1, 0.15) is 24.4 Å². The average molecular weight is 250 g/mol. The molecule has 1 heterocycles. The van der Waals surface area contributed by atoms with Crippen molar-refractivity contribution in [3.8, 4) is 0 Å². The lowest BCUT2D eigenvalue weighted by molar-refractivity contribution is -0.303. The number of rotatable bonds is 5. The zero-order chi connectivity index (χ0) is 13.0. The Morgan fingerprint density at radius 1 is 1.18 bits per heavy atom. The summed E-state index contributed by atoms with van der Waals surface area (Å²) in [5.41, 5.74) is 0. The van der Waals surface area contributed by atoms with E-state index in [9.17, 15) is 15.3 Å². The molecule has 0 aromatic heterocycles. The largest absolute Gasteiger partial charge is 0.394 e. The van der Waals surface area contributed by atoms with Crippen LogP contribution < -0.4 is 0 Å². The van der Waals surface area contributed by atoms with Gasteiger partial charge in [0.05, 0.1) is 13.2 Å². The quantitative estimate of drug-likeness (QED) is 0.492. The zero-order valence-corrected chi connectivity index (χ0v) is 10.2. The van der Waals surface area contributed by atoms with Crippen molar-refractivity contribution in [2.75, 3.05) is 13.2 Å². The molecule has 0 radical (unpaired) electrons. The normalized spacial score (nSPS) is 40.2. The Morgan fingerprint density at radius 2 is 1.82 bits per heavy atom. The Labute approximate surface area is 101 Å². The Hall–Kier alpha value is -0.240. The lowest BCUT2D eigenvalue weighted by Gasteiger charge is -2.39. The van der Waals surface area contributed by atoms with Gasteiger partial charge in [-0.2, -0.15) is 0 Å². The Bertz CT molecular complexity index is 222. The van der Waals surface area contributed by atoms with Crippen molar-refractivity contribution in [1.29, 1.82) is 0 Å². The minimum absolute atomic E-state index is 0.308. The molecular weight excluding hydrogens is 228 g/mol. The van der Waals surface area contributed by atoms with Crippen LogP contribution in [-0.2, 0) is 9.47 Å². The van der Waals surface area contributed by atoms with E-state index in [1.54, 1.807) is 0 Å². The highest BCUT2D eigenvalue weighted by Crippen LogP contribution is 2.22. The molecule has 0 saturated carbocycles. The third kappa shape index (κ3) is 3.61. The minimum atomic E-state index is -1.37. The van der Waals surface area contributed by atoms with Gasteiger partial charge < -0.3 is 29.9 Å². The summed E-state index contributed by atoms with van der Waals surface area (Å²) < 4.78 is 10.5. The van der Waals surface area contributed by atoms with E-state index in [2.05, 4.69) is 0 Å². The molecule has 102 valence electrons. The SMILES string of the molecule is CCC(C)CO[C@@H]1O[C@H](CO)[C@H](O)[C@H](O)[C@H]1O. The van der Waals surface area contributed by atoms with Gasteiger partial charge in [0.25, 0.3) is 0 Å². The number of aliphatic hydroxyl groups is 4. The van der Waals surface area contributed by atoms with E-state index in [1.807, 2.05) is 13.8 Å². The fourth-order valence-electron chi connectivity index (χ4n) is 1.58. The molecule has 6 nitrogen and oxygen atoms in total. The van der Waals surface area contributed by atoms with Crippen molar-refractivity contribution in [3.05, 3.63) is 0 Å². The lowest BCUT2D eigenvalue weighted by Crippen LogP contribution is -2.59. The van der Waals surface area contributed by atoms with E-state index in [0.29, 0.717) is 12.5 Å². The van der Waals surface area contributed by atoms with Crippen LogP contribution in [0.5, 0.6) is 0 Å². The number of aliphatic hydroxyl groups excluding tert-OH is 4. The van der Waals surface area contributed by atoms with Crippen LogP contribution in [0.25, 0.3) is 0 Å². The first kappa shape index (κ1) is 14.8. The molecule has 0 spiro atoms. The van der Waals surface area contributed by atoms with Crippen LogP contribution in [0.1, 0.15) is 20.3 Å². The molecule has 1 aliphatic heterocycles. The van der Waals surface area contributed by atoms with Crippen molar-refractivity contribution in [2.45, 2.75) is 51.0 Å². The molecule has 1 saturated heterocycles. The van der Waals surface area contributed by atoms with Crippen molar-refractivity contribution in [3.63, 3.8) is 0 Å². The van der Waals surface area contributed by atoms with Gasteiger partial charge in [0.15, 0.2) is 6.29 Å². The van der Waals surface area contributed by atoms with E-state index in [4.69, 9.17) is 14.6 Å². The van der Waals surface area contributed by atoms with Crippen LogP contribution in [0.4, 0.5) is 0 Å². The van der Waals surface area contributed by atoms with Crippen molar-refractivity contribution in [2.24, 2.45) is 5.92 Å². The highest BCUT2D eigenvalue weighted by atomic mass is 16.7. The number of ether oxygens (including phenoxy) is 2. The molecule has 4 N–H and O–H groups in total. The molecule has 0 aromatic rings. The number of hydrogen-bond donors (Lipinski definition) is 4. The van der Waals surface area contributed by atoms with Gasteiger partial charge in [0, 0.05) is 0 Å². The maximum absolute atomic E-state index is 9.67. The maximum atomic E-state index is 9.67. The predicted molar refractivity (Wildman–Crippen MR) is 59.2 cm³/mol. The summed E-state index contributed by atoms with van der Waals surface area (Å²) in [7, 11) is 0. The fraction of sp³-hybridized carbons (Fsp3) is 1.00. The van der Waals surface area contributed by atoms with E-state index in [1.165, 1.54) is 0 Å². The summed E-state index contributed by atoms with van der Waals surface area (Å²) in [4.78, 5) is 0. The van der Waals surface area contributed by atoms with Gasteiger partial charge in [-0.15, -0.1) is 0 Å². The molecule has 6 heteroatoms. The van der Waals surface area contributed by atoms with Gasteiger partial charge in [0.2, 0.25) is 0 Å². The zero-order valence-electron chi connectivity index (χ0n) is 10.2. The second-order valence-corrected chi connectivity index (χ2v) is 4.54. The van der Waals surface area contributed by atoms with Gasteiger partial charge in [-0.25, -0.2) is 0 Å². The van der Waals surface area contributed by atoms with Crippen LogP contribution in [-0.4, -0.2) is 64.3 Å². The van der Waals surface area contributed by atoms with Gasteiger partial charge >= 0.3 is 0 Å². The standard InChI is InChI=1S/C11H22O6/c1-3-6(2)5-16-11-10(15)9(14)8(13)7(4-12)17-11/h6-15H,3-5H2,1-2H3/t6?,7-,8+,9+,10-,11-/m1/s1. The first-order valence-corrected chi connectivity index (χ1v) is 5.93. The molecule has 1 fully saturated rings. The molecule has 1 unspecified atom stereocenters. The molecule has 0 aromatic carbocycles. The molecular formula is C11H22O6. The second-order valence-electron chi connectivity index (χ2n) is 4.54. The molecule has 6 atom stereocenters. The van der Waals surface area contributed by atoms with Crippen LogP contribution >= 0.6 is 0 Å². The molecule has 0 aliphatic carbocycles. The van der Waals surface area contributed by atoms with Gasteiger partial charge in [-0.1, -0.05) is 20.3 Å². The van der Waals surface area contributed by atoms with Crippen molar-refractivity contribution in [1.82, 2.24) is 0 Å². The molecule has 1 aliphatic rings. The van der Waals surface area contributed by atoms with Crippen molar-refractivity contribution < 1.29 is 29.9 Å². The van der Waals surface area contributed by atoms with Crippen LogP contribution in [0.2, 0.25) is 0 Å². The Morgan fingerprint density at radius 3 is 2.35 bits per heavy atom. The minimum Gasteiger partial charge on any atom is -0.394 e. The first-order valence-electron chi connectivity index (χ1n) is 5.93. The molecule has 17 heavy (non-hydrogen) atoms. The second kappa shape index (κ2) is 6.63. The smallest absolute Gasteiger partial charge is 0.186 e. The highest BCUT2D eigenvalue weighted by molar-refractivity contribution is 4.88. The van der Waals surface area contributed by atoms with E-state index in [0.717, 1.165) is 6.42 Å². The fourth-order valence-corrected chi connectivity index (χ4v) is 1.58. The summed E-state index contributed by atoms with van der Waals surface area (Å²) in [6.45, 7) is 3.96. The average Bonchev–Trinajstić information content (AvgIpc) is 2.34. The van der Waals surface area contributed by atoms with E-state index >= 15 is 0 Å². The van der Waals surface area contributed by atoms with Gasteiger partial charge in [-0.3, -0.25) is 0 Å². The summed E-state index contributed by atoms with van der Waals surface area (Å²) in [6.07, 6.45) is -5.01. The van der Waals surface area contributed by atoms with Crippen LogP contribution in [0.15, 0.2) is 0 Å².